The molecule has 0 bridgehead atoms. The Bertz CT molecular complexity index is 537. The molecule has 1 amide bonds. The third-order valence-electron chi connectivity index (χ3n) is 3.67. The zero-order valence-electron chi connectivity index (χ0n) is 14.0. The van der Waals surface area contributed by atoms with Crippen LogP contribution in [-0.2, 0) is 4.74 Å². The Kier molecular flexibility index (Phi) is 4.84. The zero-order chi connectivity index (χ0) is 16.3. The molecular weight excluding hydrogens is 278 g/mol. The molecule has 0 radical (unpaired) electrons. The summed E-state index contributed by atoms with van der Waals surface area (Å²) in [6.45, 7) is 9.35. The maximum atomic E-state index is 11.9. The molecule has 1 heterocycles. The summed E-state index contributed by atoms with van der Waals surface area (Å²) in [5, 5.41) is 2.96. The molecule has 1 aromatic carbocycles. The van der Waals surface area contributed by atoms with Gasteiger partial charge in [0.25, 0.3) is 0 Å². The van der Waals surface area contributed by atoms with Gasteiger partial charge in [0, 0.05) is 19.1 Å². The van der Waals surface area contributed by atoms with Crippen LogP contribution in [-0.4, -0.2) is 30.8 Å². The van der Waals surface area contributed by atoms with Gasteiger partial charge >= 0.3 is 6.09 Å². The van der Waals surface area contributed by atoms with Gasteiger partial charge < -0.3 is 20.7 Å². The monoisotopic (exact) mass is 305 g/mol. The third-order valence-corrected chi connectivity index (χ3v) is 3.67. The first-order chi connectivity index (χ1) is 10.2. The lowest BCUT2D eigenvalue weighted by Gasteiger charge is -2.35. The van der Waals surface area contributed by atoms with Crippen molar-refractivity contribution in [3.63, 3.8) is 0 Å². The normalized spacial score (nSPS) is 18.9. The first kappa shape index (κ1) is 16.5. The number of rotatable bonds is 2. The second kappa shape index (κ2) is 6.46. The van der Waals surface area contributed by atoms with Crippen molar-refractivity contribution in [1.29, 1.82) is 0 Å². The molecule has 2 rings (SSSR count). The van der Waals surface area contributed by atoms with Crippen molar-refractivity contribution in [3.8, 4) is 0 Å². The number of carbonyl (C=O) groups is 1. The fourth-order valence-electron chi connectivity index (χ4n) is 2.75. The number of amides is 1. The fourth-order valence-corrected chi connectivity index (χ4v) is 2.75. The molecule has 0 aliphatic carbocycles. The van der Waals surface area contributed by atoms with Crippen LogP contribution >= 0.6 is 0 Å². The molecule has 0 aromatic heterocycles. The maximum absolute atomic E-state index is 11.9. The highest BCUT2D eigenvalue weighted by Gasteiger charge is 2.25. The standard InChI is InChI=1S/C17H27N3O2/c1-12-7-8-15(14(18)10-12)20-9-5-6-13(11-20)19-16(21)22-17(2,3)4/h7-8,10,13H,5-6,9,11,18H2,1-4H3,(H,19,21). The van der Waals surface area contributed by atoms with E-state index in [1.165, 1.54) is 0 Å². The van der Waals surface area contributed by atoms with E-state index in [1.54, 1.807) is 0 Å². The predicted octanol–water partition coefficient (Wildman–Crippen LogP) is 3.07. The van der Waals surface area contributed by atoms with Crippen molar-refractivity contribution in [2.45, 2.75) is 52.2 Å². The molecule has 1 atom stereocenters. The first-order valence-corrected chi connectivity index (χ1v) is 7.85. The minimum absolute atomic E-state index is 0.0873. The number of alkyl carbamates (subject to hydrolysis) is 1. The number of ether oxygens (including phenoxy) is 1. The average molecular weight is 305 g/mol. The van der Waals surface area contributed by atoms with Gasteiger partial charge in [-0.3, -0.25) is 0 Å². The van der Waals surface area contributed by atoms with E-state index < -0.39 is 5.60 Å². The summed E-state index contributed by atoms with van der Waals surface area (Å²) >= 11 is 0. The van der Waals surface area contributed by atoms with Gasteiger partial charge in [0.1, 0.15) is 5.60 Å². The Labute approximate surface area is 132 Å². The maximum Gasteiger partial charge on any atom is 0.407 e. The SMILES string of the molecule is Cc1ccc(N2CCCC(NC(=O)OC(C)(C)C)C2)c(N)c1. The molecule has 1 aliphatic rings. The Morgan fingerprint density at radius 3 is 2.77 bits per heavy atom. The lowest BCUT2D eigenvalue weighted by atomic mass is 10.0. The summed E-state index contributed by atoms with van der Waals surface area (Å²) in [6, 6.07) is 6.20. The minimum atomic E-state index is -0.472. The Morgan fingerprint density at radius 2 is 2.14 bits per heavy atom. The first-order valence-electron chi connectivity index (χ1n) is 7.85. The van der Waals surface area contributed by atoms with Crippen LogP contribution in [0.5, 0.6) is 0 Å². The zero-order valence-corrected chi connectivity index (χ0v) is 14.0. The van der Waals surface area contributed by atoms with Crippen molar-refractivity contribution in [1.82, 2.24) is 5.32 Å². The van der Waals surface area contributed by atoms with E-state index in [2.05, 4.69) is 22.3 Å². The lowest BCUT2D eigenvalue weighted by molar-refractivity contribution is 0.0500. The topological polar surface area (TPSA) is 67.6 Å². The van der Waals surface area contributed by atoms with Crippen molar-refractivity contribution in [3.05, 3.63) is 23.8 Å². The number of hydrogen-bond acceptors (Lipinski definition) is 4. The second-order valence-electron chi connectivity index (χ2n) is 6.99. The van der Waals surface area contributed by atoms with E-state index in [9.17, 15) is 4.79 Å². The molecule has 1 saturated heterocycles. The van der Waals surface area contributed by atoms with Crippen LogP contribution in [0, 0.1) is 6.92 Å². The largest absolute Gasteiger partial charge is 0.444 e. The number of nitrogens with zero attached hydrogens (tertiary/aromatic N) is 1. The van der Waals surface area contributed by atoms with Gasteiger partial charge in [-0.15, -0.1) is 0 Å². The molecule has 1 fully saturated rings. The van der Waals surface area contributed by atoms with Crippen LogP contribution in [0.3, 0.4) is 0 Å². The molecule has 5 nitrogen and oxygen atoms in total. The van der Waals surface area contributed by atoms with Crippen LogP contribution in [0.4, 0.5) is 16.2 Å². The summed E-state index contributed by atoms with van der Waals surface area (Å²) in [7, 11) is 0. The molecule has 1 aliphatic heterocycles. The second-order valence-corrected chi connectivity index (χ2v) is 6.99. The van der Waals surface area contributed by atoms with Gasteiger partial charge in [0.2, 0.25) is 0 Å². The number of nitrogens with two attached hydrogens (primary N) is 1. The van der Waals surface area contributed by atoms with Gasteiger partial charge in [0.15, 0.2) is 0 Å². The smallest absolute Gasteiger partial charge is 0.407 e. The van der Waals surface area contributed by atoms with Crippen molar-refractivity contribution >= 4 is 17.5 Å². The predicted molar refractivity (Wildman–Crippen MR) is 90.2 cm³/mol. The number of aryl methyl sites for hydroxylation is 1. The molecule has 3 N–H and O–H groups in total. The summed E-state index contributed by atoms with van der Waals surface area (Å²) in [4.78, 5) is 14.1. The third kappa shape index (κ3) is 4.55. The number of benzene rings is 1. The quantitative estimate of drug-likeness (QED) is 0.824. The molecule has 1 unspecified atom stereocenters. The average Bonchev–Trinajstić information content (AvgIpc) is 2.36. The summed E-state index contributed by atoms with van der Waals surface area (Å²) in [5.41, 5.74) is 8.64. The van der Waals surface area contributed by atoms with E-state index in [1.807, 2.05) is 33.8 Å². The molecule has 1 aromatic rings. The lowest BCUT2D eigenvalue weighted by Crippen LogP contribution is -2.49. The highest BCUT2D eigenvalue weighted by molar-refractivity contribution is 5.70. The number of nitrogen functional groups attached to an aromatic ring is 1. The molecule has 0 spiro atoms. The van der Waals surface area contributed by atoms with Crippen LogP contribution in [0.25, 0.3) is 0 Å². The van der Waals surface area contributed by atoms with Crippen molar-refractivity contribution in [2.75, 3.05) is 23.7 Å². The van der Waals surface area contributed by atoms with Crippen LogP contribution in [0.1, 0.15) is 39.2 Å². The van der Waals surface area contributed by atoms with E-state index in [0.717, 1.165) is 42.9 Å². The van der Waals surface area contributed by atoms with Gasteiger partial charge in [-0.25, -0.2) is 4.79 Å². The number of piperidine rings is 1. The van der Waals surface area contributed by atoms with E-state index >= 15 is 0 Å². The van der Waals surface area contributed by atoms with Gasteiger partial charge in [-0.05, 0) is 58.2 Å². The fraction of sp³-hybridized carbons (Fsp3) is 0.588. The summed E-state index contributed by atoms with van der Waals surface area (Å²) < 4.78 is 5.33. The summed E-state index contributed by atoms with van der Waals surface area (Å²) in [6.07, 6.45) is 1.63. The van der Waals surface area contributed by atoms with E-state index in [-0.39, 0.29) is 12.1 Å². The van der Waals surface area contributed by atoms with Crippen molar-refractivity contribution in [2.24, 2.45) is 0 Å². The highest BCUT2D eigenvalue weighted by Crippen LogP contribution is 2.27. The number of nitrogens with one attached hydrogen (secondary N) is 1. The summed E-state index contributed by atoms with van der Waals surface area (Å²) in [5.74, 6) is 0. The van der Waals surface area contributed by atoms with E-state index in [0.29, 0.717) is 0 Å². The highest BCUT2D eigenvalue weighted by atomic mass is 16.6. The van der Waals surface area contributed by atoms with Gasteiger partial charge in [0.05, 0.1) is 11.4 Å². The Balaban J connectivity index is 1.98. The van der Waals surface area contributed by atoms with Crippen LogP contribution in [0.2, 0.25) is 0 Å². The van der Waals surface area contributed by atoms with Crippen molar-refractivity contribution < 1.29 is 9.53 Å². The van der Waals surface area contributed by atoms with Gasteiger partial charge in [-0.1, -0.05) is 6.07 Å². The Morgan fingerprint density at radius 1 is 1.41 bits per heavy atom. The Hall–Kier alpha value is -1.91. The molecule has 22 heavy (non-hydrogen) atoms. The number of hydrogen-bond donors (Lipinski definition) is 2. The van der Waals surface area contributed by atoms with Crippen LogP contribution in [0.15, 0.2) is 18.2 Å². The molecule has 5 heteroatoms. The molecular formula is C17H27N3O2. The van der Waals surface area contributed by atoms with Crippen LogP contribution < -0.4 is 16.0 Å². The van der Waals surface area contributed by atoms with Gasteiger partial charge in [-0.2, -0.15) is 0 Å². The minimum Gasteiger partial charge on any atom is -0.444 e. The molecule has 0 saturated carbocycles. The number of carbonyl (C=O) groups excluding carboxylic acids is 1. The van der Waals surface area contributed by atoms with E-state index in [4.69, 9.17) is 10.5 Å². The molecule has 122 valence electrons. The number of anilines is 2.